The maximum absolute atomic E-state index is 12.5. The molecule has 3 nitrogen and oxygen atoms in total. The first-order chi connectivity index (χ1) is 8.97. The molecule has 100 valence electrons. The van der Waals surface area contributed by atoms with Gasteiger partial charge in [-0.05, 0) is 18.2 Å². The van der Waals surface area contributed by atoms with E-state index < -0.39 is 11.7 Å². The summed E-state index contributed by atoms with van der Waals surface area (Å²) in [4.78, 5) is 8.58. The van der Waals surface area contributed by atoms with Gasteiger partial charge in [-0.15, -0.1) is 11.8 Å². The molecule has 1 heterocycles. The lowest BCUT2D eigenvalue weighted by atomic mass is 10.2. The van der Waals surface area contributed by atoms with E-state index in [0.29, 0.717) is 10.6 Å². The van der Waals surface area contributed by atoms with E-state index in [4.69, 9.17) is 5.73 Å². The Labute approximate surface area is 112 Å². The van der Waals surface area contributed by atoms with Gasteiger partial charge in [0.2, 0.25) is 0 Å². The summed E-state index contributed by atoms with van der Waals surface area (Å²) in [7, 11) is 0. The zero-order chi connectivity index (χ0) is 13.9. The van der Waals surface area contributed by atoms with Gasteiger partial charge in [0, 0.05) is 34.9 Å². The predicted octanol–water partition coefficient (Wildman–Crippen LogP) is 3.37. The van der Waals surface area contributed by atoms with Gasteiger partial charge in [-0.1, -0.05) is 0 Å². The number of halogens is 3. The van der Waals surface area contributed by atoms with Crippen LogP contribution < -0.4 is 5.73 Å². The second-order valence-corrected chi connectivity index (χ2v) is 4.75. The first kappa shape index (κ1) is 13.7. The fourth-order valence-electron chi connectivity index (χ4n) is 1.41. The van der Waals surface area contributed by atoms with Crippen molar-refractivity contribution < 1.29 is 13.2 Å². The summed E-state index contributed by atoms with van der Waals surface area (Å²) in [5, 5.41) is 0. The quantitative estimate of drug-likeness (QED) is 0.694. The molecule has 0 bridgehead atoms. The Bertz CT molecular complexity index is 558. The normalized spacial score (nSPS) is 11.5. The lowest BCUT2D eigenvalue weighted by molar-refractivity contribution is -0.137. The molecule has 0 fully saturated rings. The second kappa shape index (κ2) is 5.48. The number of nitrogen functional groups attached to an aromatic ring is 1. The Morgan fingerprint density at radius 3 is 2.58 bits per heavy atom. The lowest BCUT2D eigenvalue weighted by Gasteiger charge is -2.10. The number of hydrogen-bond donors (Lipinski definition) is 1. The van der Waals surface area contributed by atoms with Crippen molar-refractivity contribution in [3.8, 4) is 0 Å². The Morgan fingerprint density at radius 1 is 1.21 bits per heavy atom. The lowest BCUT2D eigenvalue weighted by Crippen LogP contribution is -2.05. The van der Waals surface area contributed by atoms with Crippen LogP contribution in [0, 0.1) is 0 Å². The van der Waals surface area contributed by atoms with Crippen LogP contribution in [0.25, 0.3) is 0 Å². The smallest absolute Gasteiger partial charge is 0.398 e. The van der Waals surface area contributed by atoms with Crippen molar-refractivity contribution in [2.24, 2.45) is 0 Å². The maximum Gasteiger partial charge on any atom is 0.416 e. The minimum atomic E-state index is -4.37. The number of nitrogens with two attached hydrogens (primary N) is 1. The molecular weight excluding hydrogens is 275 g/mol. The van der Waals surface area contributed by atoms with Crippen LogP contribution in [0.1, 0.15) is 11.3 Å². The number of hydrogen-bond acceptors (Lipinski definition) is 4. The van der Waals surface area contributed by atoms with Crippen molar-refractivity contribution in [1.29, 1.82) is 0 Å². The van der Waals surface area contributed by atoms with Crippen LogP contribution in [0.15, 0.2) is 41.7 Å². The molecule has 1 aromatic heterocycles. The van der Waals surface area contributed by atoms with E-state index in [1.807, 2.05) is 0 Å². The molecule has 0 saturated carbocycles. The van der Waals surface area contributed by atoms with Gasteiger partial charge in [-0.2, -0.15) is 13.2 Å². The van der Waals surface area contributed by atoms with E-state index in [0.717, 1.165) is 17.8 Å². The van der Waals surface area contributed by atoms with Gasteiger partial charge < -0.3 is 5.73 Å². The third kappa shape index (κ3) is 3.60. The molecule has 0 aliphatic rings. The molecule has 19 heavy (non-hydrogen) atoms. The number of thioether (sulfide) groups is 1. The first-order valence-electron chi connectivity index (χ1n) is 5.31. The van der Waals surface area contributed by atoms with Gasteiger partial charge in [-0.3, -0.25) is 9.97 Å². The molecule has 0 atom stereocenters. The van der Waals surface area contributed by atoms with Crippen molar-refractivity contribution in [2.75, 3.05) is 5.73 Å². The van der Waals surface area contributed by atoms with Crippen LogP contribution in [-0.2, 0) is 11.9 Å². The van der Waals surface area contributed by atoms with Gasteiger partial charge in [0.25, 0.3) is 0 Å². The molecular formula is C12H10F3N3S. The van der Waals surface area contributed by atoms with Gasteiger partial charge in [0.1, 0.15) is 0 Å². The summed E-state index contributed by atoms with van der Waals surface area (Å²) in [6.45, 7) is 0. The van der Waals surface area contributed by atoms with Gasteiger partial charge in [-0.25, -0.2) is 0 Å². The zero-order valence-corrected chi connectivity index (χ0v) is 10.5. The number of aromatic nitrogens is 2. The third-order valence-corrected chi connectivity index (χ3v) is 3.45. The number of rotatable bonds is 3. The minimum Gasteiger partial charge on any atom is -0.398 e. The third-order valence-electron chi connectivity index (χ3n) is 2.33. The Hall–Kier alpha value is -1.76. The van der Waals surface area contributed by atoms with Gasteiger partial charge in [0.05, 0.1) is 11.3 Å². The Kier molecular flexibility index (Phi) is 3.94. The van der Waals surface area contributed by atoms with Crippen LogP contribution in [0.5, 0.6) is 0 Å². The highest BCUT2D eigenvalue weighted by molar-refractivity contribution is 7.98. The first-order valence-corrected chi connectivity index (χ1v) is 6.30. The molecule has 0 aliphatic heterocycles. The summed E-state index contributed by atoms with van der Waals surface area (Å²) < 4.78 is 37.4. The molecule has 7 heteroatoms. The molecule has 0 spiro atoms. The molecule has 2 rings (SSSR count). The molecule has 0 aliphatic carbocycles. The van der Waals surface area contributed by atoms with E-state index in [2.05, 4.69) is 9.97 Å². The SMILES string of the molecule is Nc1cc(C(F)(F)F)ccc1SCc1cnccn1. The summed E-state index contributed by atoms with van der Waals surface area (Å²) in [6, 6.07) is 3.34. The standard InChI is InChI=1S/C12H10F3N3S/c13-12(14,15)8-1-2-11(10(16)5-8)19-7-9-6-17-3-4-18-9/h1-6H,7,16H2. The van der Waals surface area contributed by atoms with Gasteiger partial charge in [0.15, 0.2) is 0 Å². The average molecular weight is 285 g/mol. The molecule has 0 saturated heterocycles. The van der Waals surface area contributed by atoms with Crippen molar-refractivity contribution in [3.05, 3.63) is 48.0 Å². The highest BCUT2D eigenvalue weighted by Crippen LogP contribution is 2.34. The zero-order valence-electron chi connectivity index (χ0n) is 9.69. The maximum atomic E-state index is 12.5. The molecule has 1 aromatic carbocycles. The van der Waals surface area contributed by atoms with Crippen molar-refractivity contribution in [2.45, 2.75) is 16.8 Å². The number of anilines is 1. The second-order valence-electron chi connectivity index (χ2n) is 3.74. The molecule has 0 unspecified atom stereocenters. The van der Waals surface area contributed by atoms with Crippen molar-refractivity contribution >= 4 is 17.4 Å². The van der Waals surface area contributed by atoms with Crippen LogP contribution in [0.2, 0.25) is 0 Å². The monoisotopic (exact) mass is 285 g/mol. The van der Waals surface area contributed by atoms with Crippen LogP contribution in [0.3, 0.4) is 0 Å². The number of alkyl halides is 3. The Morgan fingerprint density at radius 2 is 2.00 bits per heavy atom. The van der Waals surface area contributed by atoms with Crippen LogP contribution >= 0.6 is 11.8 Å². The van der Waals surface area contributed by atoms with E-state index in [1.165, 1.54) is 17.8 Å². The van der Waals surface area contributed by atoms with Crippen molar-refractivity contribution in [3.63, 3.8) is 0 Å². The summed E-state index contributed by atoms with van der Waals surface area (Å²) in [6.07, 6.45) is 0.349. The van der Waals surface area contributed by atoms with Crippen molar-refractivity contribution in [1.82, 2.24) is 9.97 Å². The highest BCUT2D eigenvalue weighted by Gasteiger charge is 2.30. The molecule has 2 N–H and O–H groups in total. The summed E-state index contributed by atoms with van der Waals surface area (Å²) >= 11 is 1.32. The topological polar surface area (TPSA) is 51.8 Å². The molecule has 0 radical (unpaired) electrons. The predicted molar refractivity (Wildman–Crippen MR) is 67.4 cm³/mol. The van der Waals surface area contributed by atoms with E-state index in [9.17, 15) is 13.2 Å². The highest BCUT2D eigenvalue weighted by atomic mass is 32.2. The van der Waals surface area contributed by atoms with E-state index >= 15 is 0 Å². The largest absolute Gasteiger partial charge is 0.416 e. The van der Waals surface area contributed by atoms with Gasteiger partial charge >= 0.3 is 6.18 Å². The van der Waals surface area contributed by atoms with E-state index in [1.54, 1.807) is 18.6 Å². The fraction of sp³-hybridized carbons (Fsp3) is 0.167. The Balaban J connectivity index is 2.10. The van der Waals surface area contributed by atoms with Crippen LogP contribution in [0.4, 0.5) is 18.9 Å². The van der Waals surface area contributed by atoms with E-state index in [-0.39, 0.29) is 5.69 Å². The average Bonchev–Trinajstić information content (AvgIpc) is 2.37. The summed E-state index contributed by atoms with van der Waals surface area (Å²) in [5.74, 6) is 0.503. The number of nitrogens with zero attached hydrogens (tertiary/aromatic N) is 2. The fourth-order valence-corrected chi connectivity index (χ4v) is 2.25. The minimum absolute atomic E-state index is 0.115. The molecule has 2 aromatic rings. The summed E-state index contributed by atoms with van der Waals surface area (Å²) in [5.41, 5.74) is 5.74. The number of benzene rings is 1. The van der Waals surface area contributed by atoms with Crippen LogP contribution in [-0.4, -0.2) is 9.97 Å². The molecule has 0 amide bonds.